The van der Waals surface area contributed by atoms with Crippen LogP contribution in [0.1, 0.15) is 23.6 Å². The predicted octanol–water partition coefficient (Wildman–Crippen LogP) is 4.36. The molecule has 30 heavy (non-hydrogen) atoms. The fourth-order valence-electron chi connectivity index (χ4n) is 3.67. The number of hydrogen-bond acceptors (Lipinski definition) is 3. The first-order valence-electron chi connectivity index (χ1n) is 10.4. The van der Waals surface area contributed by atoms with Crippen LogP contribution in [-0.4, -0.2) is 74.1 Å². The molecule has 2 aromatic carbocycles. The second kappa shape index (κ2) is 11.0. The third-order valence-corrected chi connectivity index (χ3v) is 5.92. The third-order valence-electron chi connectivity index (χ3n) is 5.41. The zero-order valence-electron chi connectivity index (χ0n) is 17.7. The first kappa shape index (κ1) is 22.9. The normalized spacial score (nSPS) is 15.1. The van der Waals surface area contributed by atoms with Crippen LogP contribution in [0.4, 0.5) is 4.79 Å². The number of piperazine rings is 1. The lowest BCUT2D eigenvalue weighted by atomic mass is 9.99. The van der Waals surface area contributed by atoms with Gasteiger partial charge in [0.2, 0.25) is 0 Å². The summed E-state index contributed by atoms with van der Waals surface area (Å²) in [5, 5.41) is 4.55. The molecule has 0 spiro atoms. The topological polar surface area (TPSA) is 38.8 Å². The van der Waals surface area contributed by atoms with Crippen molar-refractivity contribution in [3.8, 4) is 0 Å². The van der Waals surface area contributed by atoms with Gasteiger partial charge in [0.1, 0.15) is 0 Å². The Bertz CT molecular complexity index is 757. The third kappa shape index (κ3) is 6.61. The van der Waals surface area contributed by atoms with Crippen LogP contribution < -0.4 is 5.32 Å². The molecule has 0 saturated carbocycles. The summed E-state index contributed by atoms with van der Waals surface area (Å²) in [4.78, 5) is 19.6. The van der Waals surface area contributed by atoms with Gasteiger partial charge >= 0.3 is 6.03 Å². The van der Waals surface area contributed by atoms with Crippen molar-refractivity contribution in [2.24, 2.45) is 0 Å². The molecular formula is C23H30Cl2N4O. The lowest BCUT2D eigenvalue weighted by molar-refractivity contribution is 0.135. The largest absolute Gasteiger partial charge is 0.327 e. The van der Waals surface area contributed by atoms with Gasteiger partial charge in [-0.1, -0.05) is 47.5 Å². The molecule has 1 N–H and O–H groups in total. The number of nitrogens with one attached hydrogen (secondary N) is 1. The number of urea groups is 1. The number of carbonyl (C=O) groups excluding carboxylic acids is 1. The van der Waals surface area contributed by atoms with Gasteiger partial charge in [-0.25, -0.2) is 4.79 Å². The van der Waals surface area contributed by atoms with E-state index in [1.807, 2.05) is 53.4 Å². The molecule has 1 aliphatic rings. The molecule has 7 heteroatoms. The summed E-state index contributed by atoms with van der Waals surface area (Å²) >= 11 is 12.1. The number of carbonyl (C=O) groups is 1. The van der Waals surface area contributed by atoms with Crippen LogP contribution >= 0.6 is 23.2 Å². The average Bonchev–Trinajstić information content (AvgIpc) is 2.73. The minimum absolute atomic E-state index is 0.0437. The number of nitrogens with zero attached hydrogens (tertiary/aromatic N) is 3. The second-order valence-electron chi connectivity index (χ2n) is 7.97. The highest BCUT2D eigenvalue weighted by Gasteiger charge is 2.24. The zero-order valence-corrected chi connectivity index (χ0v) is 19.2. The summed E-state index contributed by atoms with van der Waals surface area (Å²) in [5.41, 5.74) is 1.97. The van der Waals surface area contributed by atoms with Gasteiger partial charge < -0.3 is 15.1 Å². The van der Waals surface area contributed by atoms with Gasteiger partial charge in [0.25, 0.3) is 0 Å². The molecule has 1 heterocycles. The van der Waals surface area contributed by atoms with E-state index in [1.54, 1.807) is 0 Å². The van der Waals surface area contributed by atoms with Crippen molar-refractivity contribution < 1.29 is 4.79 Å². The Labute approximate surface area is 189 Å². The molecule has 1 saturated heterocycles. The van der Waals surface area contributed by atoms with E-state index in [4.69, 9.17) is 23.2 Å². The van der Waals surface area contributed by atoms with E-state index in [2.05, 4.69) is 29.2 Å². The Morgan fingerprint density at radius 3 is 1.90 bits per heavy atom. The fourth-order valence-corrected chi connectivity index (χ4v) is 3.92. The SMILES string of the molecule is CN(C)CCCN1CCN(C(=O)NC(c2ccc(Cl)cc2)c2ccc(Cl)cc2)CC1. The highest BCUT2D eigenvalue weighted by molar-refractivity contribution is 6.30. The summed E-state index contributed by atoms with van der Waals surface area (Å²) < 4.78 is 0. The highest BCUT2D eigenvalue weighted by atomic mass is 35.5. The van der Waals surface area contributed by atoms with E-state index >= 15 is 0 Å². The molecule has 162 valence electrons. The number of halogens is 2. The predicted molar refractivity (Wildman–Crippen MR) is 124 cm³/mol. The van der Waals surface area contributed by atoms with Crippen LogP contribution in [-0.2, 0) is 0 Å². The fraction of sp³-hybridized carbons (Fsp3) is 0.435. The molecule has 0 radical (unpaired) electrons. The molecule has 0 atom stereocenters. The Hall–Kier alpha value is -1.79. The van der Waals surface area contributed by atoms with Crippen LogP contribution in [0.15, 0.2) is 48.5 Å². The van der Waals surface area contributed by atoms with Gasteiger partial charge in [0, 0.05) is 36.2 Å². The van der Waals surface area contributed by atoms with Crippen molar-refractivity contribution in [2.45, 2.75) is 12.5 Å². The molecule has 0 aromatic heterocycles. The van der Waals surface area contributed by atoms with Crippen molar-refractivity contribution in [1.29, 1.82) is 0 Å². The Balaban J connectivity index is 1.62. The van der Waals surface area contributed by atoms with Crippen molar-refractivity contribution >= 4 is 29.2 Å². The van der Waals surface area contributed by atoms with E-state index in [1.165, 1.54) is 0 Å². The highest BCUT2D eigenvalue weighted by Crippen LogP contribution is 2.25. The zero-order chi connectivity index (χ0) is 21.5. The summed E-state index contributed by atoms with van der Waals surface area (Å²) in [5.74, 6) is 0. The molecular weight excluding hydrogens is 419 g/mol. The molecule has 3 rings (SSSR count). The number of rotatable bonds is 7. The standard InChI is InChI=1S/C23H30Cl2N4O/c1-27(2)12-3-13-28-14-16-29(17-15-28)23(30)26-22(18-4-8-20(24)9-5-18)19-6-10-21(25)11-7-19/h4-11,22H,3,12-17H2,1-2H3,(H,26,30). The minimum atomic E-state index is -0.259. The summed E-state index contributed by atoms with van der Waals surface area (Å²) in [7, 11) is 4.19. The number of benzene rings is 2. The van der Waals surface area contributed by atoms with Crippen LogP contribution in [0.5, 0.6) is 0 Å². The molecule has 2 amide bonds. The van der Waals surface area contributed by atoms with E-state index in [9.17, 15) is 4.79 Å². The summed E-state index contributed by atoms with van der Waals surface area (Å²) in [6.07, 6.45) is 1.15. The molecule has 0 aliphatic carbocycles. The average molecular weight is 449 g/mol. The van der Waals surface area contributed by atoms with Gasteiger partial charge in [-0.2, -0.15) is 0 Å². The summed E-state index contributed by atoms with van der Waals surface area (Å²) in [6.45, 7) is 5.46. The monoisotopic (exact) mass is 448 g/mol. The molecule has 1 fully saturated rings. The van der Waals surface area contributed by atoms with E-state index in [-0.39, 0.29) is 12.1 Å². The van der Waals surface area contributed by atoms with Crippen LogP contribution in [0.25, 0.3) is 0 Å². The Morgan fingerprint density at radius 2 is 1.43 bits per heavy atom. The van der Waals surface area contributed by atoms with Gasteiger partial charge in [-0.15, -0.1) is 0 Å². The molecule has 0 bridgehead atoms. The minimum Gasteiger partial charge on any atom is -0.327 e. The Kier molecular flexibility index (Phi) is 8.40. The van der Waals surface area contributed by atoms with Crippen molar-refractivity contribution in [3.05, 3.63) is 69.7 Å². The Morgan fingerprint density at radius 1 is 0.933 bits per heavy atom. The van der Waals surface area contributed by atoms with Crippen LogP contribution in [0.2, 0.25) is 10.0 Å². The number of amides is 2. The van der Waals surface area contributed by atoms with Crippen LogP contribution in [0, 0.1) is 0 Å². The van der Waals surface area contributed by atoms with E-state index in [0.717, 1.165) is 56.8 Å². The van der Waals surface area contributed by atoms with Crippen molar-refractivity contribution in [3.63, 3.8) is 0 Å². The number of hydrogen-bond donors (Lipinski definition) is 1. The first-order valence-corrected chi connectivity index (χ1v) is 11.1. The van der Waals surface area contributed by atoms with Gasteiger partial charge in [0.05, 0.1) is 6.04 Å². The van der Waals surface area contributed by atoms with Crippen molar-refractivity contribution in [1.82, 2.24) is 20.0 Å². The maximum atomic E-state index is 13.0. The van der Waals surface area contributed by atoms with E-state index < -0.39 is 0 Å². The molecule has 0 unspecified atom stereocenters. The van der Waals surface area contributed by atoms with Gasteiger partial charge in [-0.3, -0.25) is 4.90 Å². The van der Waals surface area contributed by atoms with E-state index in [0.29, 0.717) is 10.0 Å². The molecule has 1 aliphatic heterocycles. The van der Waals surface area contributed by atoms with Gasteiger partial charge in [0.15, 0.2) is 0 Å². The lowest BCUT2D eigenvalue weighted by Gasteiger charge is -2.35. The van der Waals surface area contributed by atoms with Crippen LogP contribution in [0.3, 0.4) is 0 Å². The van der Waals surface area contributed by atoms with Gasteiger partial charge in [-0.05, 0) is 69.0 Å². The maximum absolute atomic E-state index is 13.0. The molecule has 2 aromatic rings. The maximum Gasteiger partial charge on any atom is 0.318 e. The molecule has 5 nitrogen and oxygen atoms in total. The quantitative estimate of drug-likeness (QED) is 0.683. The first-order chi connectivity index (χ1) is 14.4. The summed E-state index contributed by atoms with van der Waals surface area (Å²) in [6, 6.07) is 14.9. The lowest BCUT2D eigenvalue weighted by Crippen LogP contribution is -2.52. The van der Waals surface area contributed by atoms with Crippen molar-refractivity contribution in [2.75, 3.05) is 53.4 Å². The second-order valence-corrected chi connectivity index (χ2v) is 8.84. The smallest absolute Gasteiger partial charge is 0.318 e.